The summed E-state index contributed by atoms with van der Waals surface area (Å²) in [5.41, 5.74) is -0.963. The minimum Gasteiger partial charge on any atom is -0.324 e. The number of hydrogen-bond acceptors (Lipinski definition) is 1. The monoisotopic (exact) mass is 274 g/mol. The maximum absolute atomic E-state index is 12.2. The Labute approximate surface area is 94.0 Å². The lowest BCUT2D eigenvalue weighted by molar-refractivity contribution is -0.137. The number of rotatable bonds is 2. The first-order chi connectivity index (χ1) is 7.09. The smallest absolute Gasteiger partial charge is 0.324 e. The van der Waals surface area contributed by atoms with E-state index in [1.807, 2.05) is 0 Å². The number of benzene rings is 1. The van der Waals surface area contributed by atoms with E-state index in [0.29, 0.717) is 6.07 Å². The summed E-state index contributed by atoms with van der Waals surface area (Å²) in [6.45, 7) is 0. The van der Waals surface area contributed by atoms with Crippen LogP contribution in [0.4, 0.5) is 13.2 Å². The fourth-order valence-electron chi connectivity index (χ4n) is 1.07. The molecule has 0 atom stereocenters. The van der Waals surface area contributed by atoms with Crippen molar-refractivity contribution in [2.24, 2.45) is 0 Å². The van der Waals surface area contributed by atoms with Crippen molar-refractivity contribution >= 4 is 19.2 Å². The van der Waals surface area contributed by atoms with Crippen LogP contribution in [0.25, 0.3) is 0 Å². The van der Waals surface area contributed by atoms with Gasteiger partial charge in [0.25, 0.3) is 0 Å². The molecule has 0 saturated heterocycles. The lowest BCUT2D eigenvalue weighted by atomic mass is 10.1. The van der Waals surface area contributed by atoms with Gasteiger partial charge in [0, 0.05) is 5.02 Å². The Morgan fingerprint density at radius 2 is 1.88 bits per heavy atom. The van der Waals surface area contributed by atoms with Gasteiger partial charge in [0.05, 0.1) is 11.7 Å². The predicted octanol–water partition coefficient (Wildman–Crippen LogP) is 3.04. The summed E-state index contributed by atoms with van der Waals surface area (Å²) in [4.78, 5) is 17.3. The Kier molecular flexibility index (Phi) is 3.69. The second-order valence-corrected chi connectivity index (χ2v) is 5.18. The summed E-state index contributed by atoms with van der Waals surface area (Å²) < 4.78 is 47.3. The normalized spacial score (nSPS) is 12.9. The topological polar surface area (TPSA) is 57.5 Å². The SMILES string of the molecule is O=P(O)(O)Cc1ccc(C(F)(F)F)cc1Cl. The van der Waals surface area contributed by atoms with Gasteiger partial charge in [-0.05, 0) is 17.7 Å². The first-order valence-corrected chi connectivity index (χ1v) is 6.17. The van der Waals surface area contributed by atoms with Gasteiger partial charge < -0.3 is 9.79 Å². The quantitative estimate of drug-likeness (QED) is 0.815. The zero-order chi connectivity index (χ0) is 12.6. The van der Waals surface area contributed by atoms with Crippen molar-refractivity contribution < 1.29 is 27.5 Å². The third-order valence-electron chi connectivity index (χ3n) is 1.76. The maximum atomic E-state index is 12.2. The van der Waals surface area contributed by atoms with Gasteiger partial charge in [0.2, 0.25) is 0 Å². The van der Waals surface area contributed by atoms with Crippen molar-refractivity contribution in [1.29, 1.82) is 0 Å². The van der Waals surface area contributed by atoms with Gasteiger partial charge >= 0.3 is 13.8 Å². The van der Waals surface area contributed by atoms with Crippen LogP contribution in [-0.4, -0.2) is 9.79 Å². The van der Waals surface area contributed by atoms with E-state index in [2.05, 4.69) is 0 Å². The Bertz CT molecular complexity index is 441. The highest BCUT2D eigenvalue weighted by Crippen LogP contribution is 2.42. The summed E-state index contributed by atoms with van der Waals surface area (Å²) in [6, 6.07) is 2.34. The van der Waals surface area contributed by atoms with E-state index in [1.54, 1.807) is 0 Å². The Morgan fingerprint density at radius 1 is 1.31 bits per heavy atom. The predicted molar refractivity (Wildman–Crippen MR) is 52.2 cm³/mol. The molecule has 0 fully saturated rings. The molecule has 3 nitrogen and oxygen atoms in total. The molecule has 2 N–H and O–H groups in total. The molecule has 1 aromatic rings. The van der Waals surface area contributed by atoms with Crippen LogP contribution in [-0.2, 0) is 16.9 Å². The van der Waals surface area contributed by atoms with Crippen molar-refractivity contribution in [1.82, 2.24) is 0 Å². The average molecular weight is 275 g/mol. The Hall–Kier alpha value is -0.550. The highest BCUT2D eigenvalue weighted by Gasteiger charge is 2.31. The summed E-state index contributed by atoms with van der Waals surface area (Å²) in [7, 11) is -4.34. The van der Waals surface area contributed by atoms with E-state index in [9.17, 15) is 17.7 Å². The molecular weight excluding hydrogens is 268 g/mol. The van der Waals surface area contributed by atoms with Gasteiger partial charge in [-0.25, -0.2) is 0 Å². The molecule has 16 heavy (non-hydrogen) atoms. The van der Waals surface area contributed by atoms with Crippen LogP contribution in [0.15, 0.2) is 18.2 Å². The molecule has 1 rings (SSSR count). The second-order valence-electron chi connectivity index (χ2n) is 3.13. The molecule has 0 unspecified atom stereocenters. The molecule has 0 radical (unpaired) electrons. The van der Waals surface area contributed by atoms with Crippen LogP contribution in [0, 0.1) is 0 Å². The van der Waals surface area contributed by atoms with Crippen LogP contribution in [0.5, 0.6) is 0 Å². The van der Waals surface area contributed by atoms with Crippen molar-refractivity contribution in [3.63, 3.8) is 0 Å². The van der Waals surface area contributed by atoms with Crippen LogP contribution in [0.3, 0.4) is 0 Å². The second kappa shape index (κ2) is 4.37. The van der Waals surface area contributed by atoms with Crippen molar-refractivity contribution in [2.45, 2.75) is 12.3 Å². The molecule has 8 heteroatoms. The van der Waals surface area contributed by atoms with Crippen LogP contribution in [0.2, 0.25) is 5.02 Å². The van der Waals surface area contributed by atoms with E-state index < -0.39 is 25.5 Å². The Morgan fingerprint density at radius 3 is 2.25 bits per heavy atom. The number of halogens is 4. The van der Waals surface area contributed by atoms with E-state index >= 15 is 0 Å². The summed E-state index contributed by atoms with van der Waals surface area (Å²) in [5, 5.41) is -0.307. The summed E-state index contributed by atoms with van der Waals surface area (Å²) in [6.07, 6.45) is -5.20. The molecule has 0 bridgehead atoms. The van der Waals surface area contributed by atoms with Crippen molar-refractivity contribution in [3.05, 3.63) is 34.3 Å². The van der Waals surface area contributed by atoms with Crippen LogP contribution in [0.1, 0.15) is 11.1 Å². The molecule has 0 aromatic heterocycles. The van der Waals surface area contributed by atoms with E-state index in [0.717, 1.165) is 12.1 Å². The fraction of sp³-hybridized carbons (Fsp3) is 0.250. The van der Waals surface area contributed by atoms with Gasteiger partial charge in [0.15, 0.2) is 0 Å². The molecule has 1 aromatic carbocycles. The first-order valence-electron chi connectivity index (χ1n) is 4.00. The highest BCUT2D eigenvalue weighted by atomic mass is 35.5. The fourth-order valence-corrected chi connectivity index (χ4v) is 2.13. The lowest BCUT2D eigenvalue weighted by Crippen LogP contribution is -2.05. The van der Waals surface area contributed by atoms with Gasteiger partial charge in [-0.1, -0.05) is 17.7 Å². The van der Waals surface area contributed by atoms with Gasteiger partial charge in [-0.2, -0.15) is 13.2 Å². The third kappa shape index (κ3) is 3.79. The standard InChI is InChI=1S/C8H7ClF3O3P/c9-7-3-6(8(10,11)12)2-1-5(7)4-16(13,14)15/h1-3H,4H2,(H2,13,14,15). The number of alkyl halides is 3. The first kappa shape index (κ1) is 13.5. The third-order valence-corrected chi connectivity index (χ3v) is 2.86. The molecule has 0 aliphatic rings. The molecule has 0 saturated carbocycles. The molecule has 0 aliphatic heterocycles. The average Bonchev–Trinajstić information content (AvgIpc) is 2.04. The highest BCUT2D eigenvalue weighted by molar-refractivity contribution is 7.50. The van der Waals surface area contributed by atoms with Gasteiger partial charge in [-0.3, -0.25) is 4.57 Å². The molecule has 0 heterocycles. The van der Waals surface area contributed by atoms with E-state index in [4.69, 9.17) is 21.4 Å². The minimum absolute atomic E-state index is 0.0111. The van der Waals surface area contributed by atoms with Crippen LogP contribution < -0.4 is 0 Å². The molecule has 0 spiro atoms. The molecular formula is C8H7ClF3O3P. The van der Waals surface area contributed by atoms with Crippen molar-refractivity contribution in [2.75, 3.05) is 0 Å². The van der Waals surface area contributed by atoms with Crippen molar-refractivity contribution in [3.8, 4) is 0 Å². The van der Waals surface area contributed by atoms with E-state index in [1.165, 1.54) is 0 Å². The largest absolute Gasteiger partial charge is 0.416 e. The van der Waals surface area contributed by atoms with Crippen LogP contribution >= 0.6 is 19.2 Å². The lowest BCUT2D eigenvalue weighted by Gasteiger charge is -2.10. The molecule has 0 aliphatic carbocycles. The van der Waals surface area contributed by atoms with Gasteiger partial charge in [0.1, 0.15) is 0 Å². The number of hydrogen-bond donors (Lipinski definition) is 2. The Balaban J connectivity index is 3.06. The molecule has 0 amide bonds. The zero-order valence-corrected chi connectivity index (χ0v) is 9.35. The summed E-state index contributed by atoms with van der Waals surface area (Å²) >= 11 is 5.50. The van der Waals surface area contributed by atoms with Gasteiger partial charge in [-0.15, -0.1) is 0 Å². The summed E-state index contributed by atoms with van der Waals surface area (Å²) in [5.74, 6) is 0. The molecule has 90 valence electrons. The maximum Gasteiger partial charge on any atom is 0.416 e. The van der Waals surface area contributed by atoms with E-state index in [-0.39, 0.29) is 10.6 Å². The minimum atomic E-state index is -4.52. The zero-order valence-electron chi connectivity index (χ0n) is 7.70.